The number of nitrogens with zero attached hydrogens (tertiary/aromatic N) is 2. The number of hydrogen-bond donors (Lipinski definition) is 2. The van der Waals surface area contributed by atoms with Crippen molar-refractivity contribution in [2.75, 3.05) is 5.32 Å². The zero-order valence-corrected chi connectivity index (χ0v) is 12.3. The molecule has 0 aromatic carbocycles. The Balaban J connectivity index is 1.77. The van der Waals surface area contributed by atoms with Crippen molar-refractivity contribution in [3.05, 3.63) is 18.1 Å². The highest BCUT2D eigenvalue weighted by molar-refractivity contribution is 5.82. The van der Waals surface area contributed by atoms with Crippen LogP contribution in [0.3, 0.4) is 0 Å². The van der Waals surface area contributed by atoms with E-state index in [1.165, 1.54) is 0 Å². The number of aldehydes is 1. The van der Waals surface area contributed by atoms with Gasteiger partial charge >= 0.3 is 6.18 Å². The fourth-order valence-corrected chi connectivity index (χ4v) is 2.31. The standard InChI is InChI=1S/C14H17F3N4O2/c15-14(16,17)11-6-12(19-8-18-11)20-10(7-22)4-2-1-3-9-5-13(23)21-9/h6-10H,1-5H2,(H,21,23)(H,18,19,20)/t9-,10+/m1/s1. The second-order valence-electron chi connectivity index (χ2n) is 5.43. The lowest BCUT2D eigenvalue weighted by Crippen LogP contribution is -2.48. The molecule has 1 amide bonds. The number of carbonyl (C=O) groups excluding carboxylic acids is 2. The van der Waals surface area contributed by atoms with E-state index in [2.05, 4.69) is 20.6 Å². The molecule has 1 saturated heterocycles. The second kappa shape index (κ2) is 7.38. The maximum absolute atomic E-state index is 12.6. The van der Waals surface area contributed by atoms with Crippen LogP contribution in [0.4, 0.5) is 19.0 Å². The highest BCUT2D eigenvalue weighted by Gasteiger charge is 2.33. The first-order valence-corrected chi connectivity index (χ1v) is 7.29. The molecule has 2 heterocycles. The number of carbonyl (C=O) groups is 2. The summed E-state index contributed by atoms with van der Waals surface area (Å²) < 4.78 is 37.7. The van der Waals surface area contributed by atoms with Gasteiger partial charge < -0.3 is 15.4 Å². The van der Waals surface area contributed by atoms with E-state index in [0.717, 1.165) is 31.7 Å². The summed E-state index contributed by atoms with van der Waals surface area (Å²) in [5, 5.41) is 5.43. The lowest BCUT2D eigenvalue weighted by molar-refractivity contribution is -0.141. The van der Waals surface area contributed by atoms with Gasteiger partial charge in [0.1, 0.15) is 24.1 Å². The molecule has 2 N–H and O–H groups in total. The average Bonchev–Trinajstić information content (AvgIpc) is 2.47. The van der Waals surface area contributed by atoms with E-state index in [0.29, 0.717) is 19.1 Å². The van der Waals surface area contributed by atoms with E-state index in [1.807, 2.05) is 0 Å². The number of halogens is 3. The Morgan fingerprint density at radius 1 is 1.39 bits per heavy atom. The third-order valence-electron chi connectivity index (χ3n) is 3.57. The average molecular weight is 330 g/mol. The van der Waals surface area contributed by atoms with Gasteiger partial charge in [-0.25, -0.2) is 9.97 Å². The van der Waals surface area contributed by atoms with E-state index >= 15 is 0 Å². The molecular weight excluding hydrogens is 313 g/mol. The minimum Gasteiger partial charge on any atom is -0.360 e. The second-order valence-corrected chi connectivity index (χ2v) is 5.43. The molecule has 1 aliphatic rings. The van der Waals surface area contributed by atoms with Gasteiger partial charge in [-0.05, 0) is 12.8 Å². The first-order chi connectivity index (χ1) is 10.9. The molecule has 6 nitrogen and oxygen atoms in total. The Morgan fingerprint density at radius 3 is 2.74 bits per heavy atom. The van der Waals surface area contributed by atoms with Crippen molar-refractivity contribution in [1.82, 2.24) is 15.3 Å². The first kappa shape index (κ1) is 17.2. The molecule has 0 spiro atoms. The topological polar surface area (TPSA) is 84.0 Å². The predicted octanol–water partition coefficient (Wildman–Crippen LogP) is 1.92. The van der Waals surface area contributed by atoms with Crippen LogP contribution in [0.25, 0.3) is 0 Å². The fraction of sp³-hybridized carbons (Fsp3) is 0.571. The third-order valence-corrected chi connectivity index (χ3v) is 3.57. The molecule has 0 radical (unpaired) electrons. The number of unbranched alkanes of at least 4 members (excludes halogenated alkanes) is 1. The molecule has 0 bridgehead atoms. The van der Waals surface area contributed by atoms with Gasteiger partial charge in [-0.2, -0.15) is 13.2 Å². The number of hydrogen-bond acceptors (Lipinski definition) is 5. The van der Waals surface area contributed by atoms with Crippen LogP contribution in [0.5, 0.6) is 0 Å². The van der Waals surface area contributed by atoms with Gasteiger partial charge in [-0.15, -0.1) is 0 Å². The monoisotopic (exact) mass is 330 g/mol. The van der Waals surface area contributed by atoms with E-state index in [-0.39, 0.29) is 17.8 Å². The lowest BCUT2D eigenvalue weighted by Gasteiger charge is -2.26. The maximum atomic E-state index is 12.6. The minimum absolute atomic E-state index is 0.0318. The summed E-state index contributed by atoms with van der Waals surface area (Å²) in [5.41, 5.74) is -1.06. The van der Waals surface area contributed by atoms with Crippen molar-refractivity contribution in [3.63, 3.8) is 0 Å². The molecule has 0 unspecified atom stereocenters. The SMILES string of the molecule is O=C[C@H](CCCC[C@@H]1CC(=O)N1)Nc1cc(C(F)(F)F)ncn1. The van der Waals surface area contributed by atoms with Crippen molar-refractivity contribution >= 4 is 18.0 Å². The summed E-state index contributed by atoms with van der Waals surface area (Å²) in [6, 6.07) is 0.378. The van der Waals surface area contributed by atoms with Crippen molar-refractivity contribution in [1.29, 1.82) is 0 Å². The summed E-state index contributed by atoms with van der Waals surface area (Å²) in [6.07, 6.45) is 0.319. The molecule has 2 rings (SSSR count). The van der Waals surface area contributed by atoms with Crippen LogP contribution in [0.15, 0.2) is 12.4 Å². The Bertz CT molecular complexity index is 557. The predicted molar refractivity (Wildman–Crippen MR) is 75.5 cm³/mol. The number of anilines is 1. The Kier molecular flexibility index (Phi) is 5.51. The first-order valence-electron chi connectivity index (χ1n) is 7.29. The highest BCUT2D eigenvalue weighted by atomic mass is 19.4. The molecular formula is C14H17F3N4O2. The summed E-state index contributed by atoms with van der Waals surface area (Å²) in [4.78, 5) is 28.6. The smallest absolute Gasteiger partial charge is 0.360 e. The number of alkyl halides is 3. The highest BCUT2D eigenvalue weighted by Crippen LogP contribution is 2.28. The molecule has 0 saturated carbocycles. The fourth-order valence-electron chi connectivity index (χ4n) is 2.31. The molecule has 2 atom stereocenters. The summed E-state index contributed by atoms with van der Waals surface area (Å²) in [6.45, 7) is 0. The number of rotatable bonds is 8. The van der Waals surface area contributed by atoms with E-state index in [4.69, 9.17) is 0 Å². The van der Waals surface area contributed by atoms with Crippen molar-refractivity contribution < 1.29 is 22.8 Å². The zero-order chi connectivity index (χ0) is 16.9. The number of nitrogens with one attached hydrogen (secondary N) is 2. The van der Waals surface area contributed by atoms with Gasteiger partial charge in [0.2, 0.25) is 5.91 Å². The van der Waals surface area contributed by atoms with Crippen LogP contribution in [-0.4, -0.2) is 34.2 Å². The molecule has 23 heavy (non-hydrogen) atoms. The van der Waals surface area contributed by atoms with E-state index in [1.54, 1.807) is 0 Å². The quantitative estimate of drug-likeness (QED) is 0.432. The lowest BCUT2D eigenvalue weighted by atomic mass is 9.98. The van der Waals surface area contributed by atoms with Crippen LogP contribution in [0, 0.1) is 0 Å². The summed E-state index contributed by atoms with van der Waals surface area (Å²) in [5.74, 6) is 0.0161. The number of amides is 1. The molecule has 1 aliphatic heterocycles. The van der Waals surface area contributed by atoms with Gasteiger partial charge in [0, 0.05) is 18.5 Å². The Morgan fingerprint density at radius 2 is 2.13 bits per heavy atom. The molecule has 1 fully saturated rings. The van der Waals surface area contributed by atoms with E-state index in [9.17, 15) is 22.8 Å². The Labute approximate surface area is 130 Å². The van der Waals surface area contributed by atoms with Crippen molar-refractivity contribution in [3.8, 4) is 0 Å². The normalized spacial score (nSPS) is 18.7. The van der Waals surface area contributed by atoms with Crippen LogP contribution < -0.4 is 10.6 Å². The van der Waals surface area contributed by atoms with Gasteiger partial charge in [-0.3, -0.25) is 4.79 Å². The molecule has 1 aromatic heterocycles. The third kappa shape index (κ3) is 5.19. The molecule has 126 valence electrons. The van der Waals surface area contributed by atoms with Crippen LogP contribution in [0.1, 0.15) is 37.8 Å². The number of aromatic nitrogens is 2. The van der Waals surface area contributed by atoms with Crippen LogP contribution >= 0.6 is 0 Å². The summed E-state index contributed by atoms with van der Waals surface area (Å²) >= 11 is 0. The molecule has 1 aromatic rings. The van der Waals surface area contributed by atoms with Gasteiger partial charge in [0.15, 0.2) is 0 Å². The Hall–Kier alpha value is -2.19. The molecule has 0 aliphatic carbocycles. The number of β-lactam (4-membered cyclic amide) rings is 1. The molecule has 9 heteroatoms. The maximum Gasteiger partial charge on any atom is 0.433 e. The van der Waals surface area contributed by atoms with Crippen LogP contribution in [-0.2, 0) is 15.8 Å². The zero-order valence-electron chi connectivity index (χ0n) is 12.3. The van der Waals surface area contributed by atoms with Crippen molar-refractivity contribution in [2.24, 2.45) is 0 Å². The van der Waals surface area contributed by atoms with Crippen molar-refractivity contribution in [2.45, 2.75) is 50.4 Å². The van der Waals surface area contributed by atoms with Gasteiger partial charge in [0.25, 0.3) is 0 Å². The summed E-state index contributed by atoms with van der Waals surface area (Å²) in [7, 11) is 0. The van der Waals surface area contributed by atoms with Crippen LogP contribution in [0.2, 0.25) is 0 Å². The van der Waals surface area contributed by atoms with E-state index < -0.39 is 17.9 Å². The minimum atomic E-state index is -4.55. The van der Waals surface area contributed by atoms with Gasteiger partial charge in [0.05, 0.1) is 6.04 Å². The van der Waals surface area contributed by atoms with Gasteiger partial charge in [-0.1, -0.05) is 12.8 Å². The largest absolute Gasteiger partial charge is 0.433 e.